The van der Waals surface area contributed by atoms with Gasteiger partial charge < -0.3 is 9.47 Å². The van der Waals surface area contributed by atoms with E-state index in [1.165, 1.54) is 18.9 Å². The topological polar surface area (TPSA) is 70.4 Å². The lowest BCUT2D eigenvalue weighted by atomic mass is 10.1. The first kappa shape index (κ1) is 18.7. The normalized spacial score (nSPS) is 10.5. The maximum Gasteiger partial charge on any atom is 0.357 e. The monoisotopic (exact) mass is 344 g/mol. The molecule has 1 aromatic heterocycles. The molecule has 0 unspecified atom stereocenters. The predicted octanol–water partition coefficient (Wildman–Crippen LogP) is 3.57. The van der Waals surface area contributed by atoms with Gasteiger partial charge in [-0.2, -0.15) is 5.10 Å². The summed E-state index contributed by atoms with van der Waals surface area (Å²) in [6.07, 6.45) is 4.79. The minimum absolute atomic E-state index is 0.103. The maximum absolute atomic E-state index is 12.3. The first-order valence-corrected chi connectivity index (χ1v) is 8.48. The van der Waals surface area contributed by atoms with Crippen LogP contribution >= 0.6 is 0 Å². The van der Waals surface area contributed by atoms with E-state index in [0.717, 1.165) is 25.7 Å². The van der Waals surface area contributed by atoms with Gasteiger partial charge in [-0.25, -0.2) is 14.3 Å². The zero-order valence-corrected chi connectivity index (χ0v) is 14.9. The molecule has 6 heteroatoms. The fourth-order valence-corrected chi connectivity index (χ4v) is 2.72. The van der Waals surface area contributed by atoms with Gasteiger partial charge >= 0.3 is 11.9 Å². The number of methoxy groups -OCH3 is 2. The van der Waals surface area contributed by atoms with Crippen molar-refractivity contribution in [3.05, 3.63) is 47.3 Å². The molecule has 0 N–H and O–H groups in total. The third kappa shape index (κ3) is 4.26. The minimum atomic E-state index is -0.614. The molecule has 25 heavy (non-hydrogen) atoms. The van der Waals surface area contributed by atoms with Gasteiger partial charge in [0, 0.05) is 0 Å². The minimum Gasteiger partial charge on any atom is -0.465 e. The van der Waals surface area contributed by atoms with E-state index in [4.69, 9.17) is 9.47 Å². The van der Waals surface area contributed by atoms with Gasteiger partial charge in [0.25, 0.3) is 0 Å². The van der Waals surface area contributed by atoms with E-state index in [9.17, 15) is 9.59 Å². The summed E-state index contributed by atoms with van der Waals surface area (Å²) in [5.74, 6) is -1.19. The number of nitrogens with zero attached hydrogens (tertiary/aromatic N) is 2. The first-order valence-electron chi connectivity index (χ1n) is 8.48. The van der Waals surface area contributed by atoms with Crippen LogP contribution in [0, 0.1) is 0 Å². The summed E-state index contributed by atoms with van der Waals surface area (Å²) in [7, 11) is 2.58. The molecule has 1 aromatic carbocycles. The number of benzene rings is 1. The Hall–Kier alpha value is -2.63. The van der Waals surface area contributed by atoms with Crippen molar-refractivity contribution in [1.29, 1.82) is 0 Å². The summed E-state index contributed by atoms with van der Waals surface area (Å²) >= 11 is 0. The van der Waals surface area contributed by atoms with E-state index in [-0.39, 0.29) is 11.3 Å². The van der Waals surface area contributed by atoms with Crippen molar-refractivity contribution in [1.82, 2.24) is 9.78 Å². The number of aryl methyl sites for hydroxylation is 1. The van der Waals surface area contributed by atoms with Crippen LogP contribution in [0.4, 0.5) is 0 Å². The largest absolute Gasteiger partial charge is 0.465 e. The molecule has 0 bridgehead atoms. The average Bonchev–Trinajstić information content (AvgIpc) is 3.04. The fraction of sp³-hybridized carbons (Fsp3) is 0.421. The molecule has 0 aliphatic rings. The van der Waals surface area contributed by atoms with Crippen molar-refractivity contribution in [3.63, 3.8) is 0 Å². The van der Waals surface area contributed by atoms with Crippen LogP contribution in [0.25, 0.3) is 5.69 Å². The molecule has 2 rings (SSSR count). The van der Waals surface area contributed by atoms with Gasteiger partial charge in [0.05, 0.1) is 25.6 Å². The van der Waals surface area contributed by atoms with Crippen LogP contribution in [0.1, 0.15) is 59.1 Å². The quantitative estimate of drug-likeness (QED) is 0.541. The Kier molecular flexibility index (Phi) is 6.74. The average molecular weight is 344 g/mol. The fourth-order valence-electron chi connectivity index (χ4n) is 2.72. The number of esters is 2. The molecule has 1 heterocycles. The standard InChI is InChI=1S/C19H24N2O4/c1-4-5-6-10-13-15-16(18(22)24-2)17(19(23)25-3)21(20-15)14-11-8-7-9-12-14/h7-9,11-12H,4-6,10,13H2,1-3H3. The summed E-state index contributed by atoms with van der Waals surface area (Å²) in [5, 5.41) is 4.53. The van der Waals surface area contributed by atoms with Gasteiger partial charge in [-0.1, -0.05) is 44.4 Å². The number of rotatable bonds is 8. The third-order valence-electron chi connectivity index (χ3n) is 3.99. The van der Waals surface area contributed by atoms with Crippen molar-refractivity contribution in [2.24, 2.45) is 0 Å². The van der Waals surface area contributed by atoms with E-state index < -0.39 is 11.9 Å². The van der Waals surface area contributed by atoms with Crippen molar-refractivity contribution < 1.29 is 19.1 Å². The Labute approximate surface area is 147 Å². The summed E-state index contributed by atoms with van der Waals surface area (Å²) in [6, 6.07) is 9.20. The molecular weight excluding hydrogens is 320 g/mol. The third-order valence-corrected chi connectivity index (χ3v) is 3.99. The van der Waals surface area contributed by atoms with Crippen LogP contribution in [-0.2, 0) is 15.9 Å². The molecule has 0 saturated heterocycles. The lowest BCUT2D eigenvalue weighted by Crippen LogP contribution is -2.15. The van der Waals surface area contributed by atoms with E-state index in [1.54, 1.807) is 0 Å². The maximum atomic E-state index is 12.3. The zero-order chi connectivity index (χ0) is 18.2. The van der Waals surface area contributed by atoms with Gasteiger partial charge in [-0.05, 0) is 25.0 Å². The number of unbranched alkanes of at least 4 members (excludes halogenated alkanes) is 3. The Morgan fingerprint density at radius 2 is 1.68 bits per heavy atom. The van der Waals surface area contributed by atoms with Crippen LogP contribution in [-0.4, -0.2) is 35.9 Å². The molecule has 0 spiro atoms. The van der Waals surface area contributed by atoms with Crippen LogP contribution in [0.15, 0.2) is 30.3 Å². The number of hydrogen-bond donors (Lipinski definition) is 0. The predicted molar refractivity (Wildman–Crippen MR) is 94.1 cm³/mol. The van der Waals surface area contributed by atoms with Crippen molar-refractivity contribution in [3.8, 4) is 5.69 Å². The highest BCUT2D eigenvalue weighted by Crippen LogP contribution is 2.23. The zero-order valence-electron chi connectivity index (χ0n) is 14.9. The number of carbonyl (C=O) groups is 2. The molecule has 6 nitrogen and oxygen atoms in total. The highest BCUT2D eigenvalue weighted by Gasteiger charge is 2.30. The smallest absolute Gasteiger partial charge is 0.357 e. The molecule has 0 aliphatic carbocycles. The van der Waals surface area contributed by atoms with Gasteiger partial charge in [0.1, 0.15) is 5.56 Å². The van der Waals surface area contributed by atoms with Crippen LogP contribution in [0.2, 0.25) is 0 Å². The summed E-state index contributed by atoms with van der Waals surface area (Å²) < 4.78 is 11.2. The SMILES string of the molecule is CCCCCCc1nn(-c2ccccc2)c(C(=O)OC)c1C(=O)OC. The highest BCUT2D eigenvalue weighted by molar-refractivity contribution is 6.03. The van der Waals surface area contributed by atoms with Gasteiger partial charge in [-0.15, -0.1) is 0 Å². The summed E-state index contributed by atoms with van der Waals surface area (Å²) in [4.78, 5) is 24.7. The van der Waals surface area contributed by atoms with Crippen molar-refractivity contribution in [2.75, 3.05) is 14.2 Å². The van der Waals surface area contributed by atoms with Crippen LogP contribution in [0.3, 0.4) is 0 Å². The highest BCUT2D eigenvalue weighted by atomic mass is 16.5. The van der Waals surface area contributed by atoms with E-state index in [0.29, 0.717) is 17.8 Å². The second-order valence-electron chi connectivity index (χ2n) is 5.71. The Balaban J connectivity index is 2.53. The second-order valence-corrected chi connectivity index (χ2v) is 5.71. The number of carbonyl (C=O) groups excluding carboxylic acids is 2. The number of ether oxygens (including phenoxy) is 2. The molecule has 0 saturated carbocycles. The van der Waals surface area contributed by atoms with Crippen molar-refractivity contribution in [2.45, 2.75) is 39.0 Å². The van der Waals surface area contributed by atoms with Crippen molar-refractivity contribution >= 4 is 11.9 Å². The van der Waals surface area contributed by atoms with E-state index in [2.05, 4.69) is 12.0 Å². The lowest BCUT2D eigenvalue weighted by Gasteiger charge is -2.07. The molecule has 0 fully saturated rings. The van der Waals surface area contributed by atoms with Gasteiger partial charge in [-0.3, -0.25) is 0 Å². The Bertz CT molecular complexity index is 723. The molecule has 0 aliphatic heterocycles. The van der Waals surface area contributed by atoms with E-state index in [1.807, 2.05) is 30.3 Å². The lowest BCUT2D eigenvalue weighted by molar-refractivity contribution is 0.0548. The number of aromatic nitrogens is 2. The molecule has 0 amide bonds. The van der Waals surface area contributed by atoms with Gasteiger partial charge in [0.2, 0.25) is 0 Å². The van der Waals surface area contributed by atoms with Crippen LogP contribution in [0.5, 0.6) is 0 Å². The van der Waals surface area contributed by atoms with E-state index >= 15 is 0 Å². The first-order chi connectivity index (χ1) is 12.1. The summed E-state index contributed by atoms with van der Waals surface area (Å²) in [6.45, 7) is 2.14. The summed E-state index contributed by atoms with van der Waals surface area (Å²) in [5.41, 5.74) is 1.54. The van der Waals surface area contributed by atoms with Gasteiger partial charge in [0.15, 0.2) is 5.69 Å². The van der Waals surface area contributed by atoms with Crippen LogP contribution < -0.4 is 0 Å². The molecular formula is C19H24N2O4. The second kappa shape index (κ2) is 9.01. The molecule has 2 aromatic rings. The number of para-hydroxylation sites is 1. The Morgan fingerprint density at radius 3 is 2.28 bits per heavy atom. The molecule has 0 radical (unpaired) electrons. The molecule has 134 valence electrons. The Morgan fingerprint density at radius 1 is 1.00 bits per heavy atom. The molecule has 0 atom stereocenters. The number of hydrogen-bond acceptors (Lipinski definition) is 5.